The number of amides is 2. The Bertz CT molecular complexity index is 672. The third kappa shape index (κ3) is 3.82. The minimum absolute atomic E-state index is 0.202. The molecule has 0 bridgehead atoms. The van der Waals surface area contributed by atoms with Crippen molar-refractivity contribution in [3.8, 4) is 0 Å². The first-order chi connectivity index (χ1) is 9.45. The summed E-state index contributed by atoms with van der Waals surface area (Å²) < 4.78 is 0.890. The van der Waals surface area contributed by atoms with Gasteiger partial charge in [-0.2, -0.15) is 0 Å². The van der Waals surface area contributed by atoms with Crippen molar-refractivity contribution in [1.29, 1.82) is 0 Å². The first-order valence-electron chi connectivity index (χ1n) is 5.58. The Morgan fingerprint density at radius 1 is 1.25 bits per heavy atom. The number of thiophene rings is 1. The van der Waals surface area contributed by atoms with Gasteiger partial charge in [0.2, 0.25) is 5.91 Å². The van der Waals surface area contributed by atoms with Gasteiger partial charge in [-0.05, 0) is 40.2 Å². The van der Waals surface area contributed by atoms with E-state index in [1.165, 1.54) is 18.3 Å². The van der Waals surface area contributed by atoms with E-state index in [1.807, 2.05) is 0 Å². The van der Waals surface area contributed by atoms with Gasteiger partial charge in [-0.3, -0.25) is 9.59 Å². The maximum atomic E-state index is 12.0. The summed E-state index contributed by atoms with van der Waals surface area (Å²) in [5.74, 6) is -0.415. The number of rotatable bonds is 3. The van der Waals surface area contributed by atoms with E-state index in [-0.39, 0.29) is 11.8 Å². The number of anilines is 2. The van der Waals surface area contributed by atoms with Crippen molar-refractivity contribution >= 4 is 62.1 Å². The van der Waals surface area contributed by atoms with Crippen LogP contribution in [0.25, 0.3) is 0 Å². The van der Waals surface area contributed by atoms with Gasteiger partial charge in [0, 0.05) is 18.0 Å². The van der Waals surface area contributed by atoms with E-state index in [4.69, 9.17) is 11.6 Å². The lowest BCUT2D eigenvalue weighted by atomic mass is 10.2. The number of carbonyl (C=O) groups excluding carboxylic acids is 2. The van der Waals surface area contributed by atoms with Gasteiger partial charge >= 0.3 is 0 Å². The summed E-state index contributed by atoms with van der Waals surface area (Å²) in [6.07, 6.45) is 0. The normalized spacial score (nSPS) is 10.2. The molecule has 0 saturated carbocycles. The topological polar surface area (TPSA) is 58.2 Å². The van der Waals surface area contributed by atoms with Crippen LogP contribution in [0.3, 0.4) is 0 Å². The Morgan fingerprint density at radius 2 is 2.00 bits per heavy atom. The minimum Gasteiger partial charge on any atom is -0.325 e. The fraction of sp³-hybridized carbons (Fsp3) is 0.0769. The van der Waals surface area contributed by atoms with E-state index in [0.717, 1.165) is 3.79 Å². The summed E-state index contributed by atoms with van der Waals surface area (Å²) in [5, 5.41) is 7.47. The zero-order valence-corrected chi connectivity index (χ0v) is 13.5. The molecule has 104 valence electrons. The second-order valence-corrected chi connectivity index (χ2v) is 6.67. The van der Waals surface area contributed by atoms with Gasteiger partial charge < -0.3 is 10.6 Å². The van der Waals surface area contributed by atoms with Crippen LogP contribution in [0, 0.1) is 0 Å². The summed E-state index contributed by atoms with van der Waals surface area (Å²) in [6, 6.07) is 6.65. The average molecular weight is 374 g/mol. The molecule has 2 N–H and O–H groups in total. The fourth-order valence-corrected chi connectivity index (χ4v) is 2.88. The fourth-order valence-electron chi connectivity index (χ4n) is 1.52. The Morgan fingerprint density at radius 3 is 2.55 bits per heavy atom. The Labute approximate surface area is 133 Å². The van der Waals surface area contributed by atoms with Crippen molar-refractivity contribution in [3.05, 3.63) is 44.0 Å². The number of benzene rings is 1. The SMILES string of the molecule is CC(=O)Nc1ccc(NC(=O)c2csc(Br)c2)cc1Cl. The maximum Gasteiger partial charge on any atom is 0.256 e. The molecule has 7 heteroatoms. The molecule has 0 fully saturated rings. The minimum atomic E-state index is -0.213. The summed E-state index contributed by atoms with van der Waals surface area (Å²) in [4.78, 5) is 22.9. The highest BCUT2D eigenvalue weighted by atomic mass is 79.9. The molecule has 0 spiro atoms. The van der Waals surface area contributed by atoms with Crippen LogP contribution in [0.4, 0.5) is 11.4 Å². The van der Waals surface area contributed by atoms with Crippen LogP contribution in [0.15, 0.2) is 33.4 Å². The van der Waals surface area contributed by atoms with Crippen molar-refractivity contribution in [3.63, 3.8) is 0 Å². The lowest BCUT2D eigenvalue weighted by molar-refractivity contribution is -0.114. The lowest BCUT2D eigenvalue weighted by Crippen LogP contribution is -2.11. The molecule has 20 heavy (non-hydrogen) atoms. The van der Waals surface area contributed by atoms with Gasteiger partial charge in [-0.25, -0.2) is 0 Å². The molecule has 1 aromatic carbocycles. The standard InChI is InChI=1S/C13H10BrClN2O2S/c1-7(18)16-11-3-2-9(5-10(11)15)17-13(19)8-4-12(14)20-6-8/h2-6H,1H3,(H,16,18)(H,17,19). The molecule has 0 radical (unpaired) electrons. The van der Waals surface area contributed by atoms with E-state index in [9.17, 15) is 9.59 Å². The molecular formula is C13H10BrClN2O2S. The van der Waals surface area contributed by atoms with Crippen LogP contribution >= 0.6 is 38.9 Å². The van der Waals surface area contributed by atoms with Crippen molar-refractivity contribution in [1.82, 2.24) is 0 Å². The summed E-state index contributed by atoms with van der Waals surface area (Å²) >= 11 is 10.8. The van der Waals surface area contributed by atoms with Crippen LogP contribution in [0.5, 0.6) is 0 Å². The monoisotopic (exact) mass is 372 g/mol. The van der Waals surface area contributed by atoms with Gasteiger partial charge in [-0.15, -0.1) is 11.3 Å². The van der Waals surface area contributed by atoms with E-state index in [0.29, 0.717) is 22.0 Å². The van der Waals surface area contributed by atoms with Crippen LogP contribution in [0.2, 0.25) is 5.02 Å². The average Bonchev–Trinajstić information content (AvgIpc) is 2.79. The zero-order chi connectivity index (χ0) is 14.7. The molecule has 0 aliphatic heterocycles. The first kappa shape index (κ1) is 15.0. The zero-order valence-electron chi connectivity index (χ0n) is 10.4. The molecule has 2 rings (SSSR count). The Kier molecular flexibility index (Phi) is 4.80. The molecule has 4 nitrogen and oxygen atoms in total. The van der Waals surface area contributed by atoms with Gasteiger partial charge in [0.1, 0.15) is 0 Å². The van der Waals surface area contributed by atoms with E-state index < -0.39 is 0 Å². The van der Waals surface area contributed by atoms with Gasteiger partial charge in [0.25, 0.3) is 5.91 Å². The number of nitrogens with one attached hydrogen (secondary N) is 2. The molecule has 1 heterocycles. The predicted molar refractivity (Wildman–Crippen MR) is 85.7 cm³/mol. The maximum absolute atomic E-state index is 12.0. The Balaban J connectivity index is 2.12. The third-order valence-electron chi connectivity index (χ3n) is 2.37. The quantitative estimate of drug-likeness (QED) is 0.839. The van der Waals surface area contributed by atoms with Crippen molar-refractivity contribution in [2.24, 2.45) is 0 Å². The smallest absolute Gasteiger partial charge is 0.256 e. The highest BCUT2D eigenvalue weighted by molar-refractivity contribution is 9.11. The molecular weight excluding hydrogens is 364 g/mol. The van der Waals surface area contributed by atoms with E-state index in [2.05, 4.69) is 26.6 Å². The summed E-state index contributed by atoms with van der Waals surface area (Å²) in [5.41, 5.74) is 1.65. The summed E-state index contributed by atoms with van der Waals surface area (Å²) in [7, 11) is 0. The summed E-state index contributed by atoms with van der Waals surface area (Å²) in [6.45, 7) is 1.40. The van der Waals surface area contributed by atoms with Crippen LogP contribution < -0.4 is 10.6 Å². The Hall–Kier alpha value is -1.37. The van der Waals surface area contributed by atoms with Gasteiger partial charge in [-0.1, -0.05) is 11.6 Å². The molecule has 2 amide bonds. The predicted octanol–water partition coefficient (Wildman–Crippen LogP) is 4.37. The van der Waals surface area contributed by atoms with Crippen LogP contribution in [0.1, 0.15) is 17.3 Å². The second kappa shape index (κ2) is 6.39. The van der Waals surface area contributed by atoms with Crippen LogP contribution in [-0.4, -0.2) is 11.8 Å². The molecule has 0 saturated heterocycles. The second-order valence-electron chi connectivity index (χ2n) is 3.97. The van der Waals surface area contributed by atoms with E-state index in [1.54, 1.807) is 29.6 Å². The first-order valence-corrected chi connectivity index (χ1v) is 7.63. The van der Waals surface area contributed by atoms with E-state index >= 15 is 0 Å². The molecule has 0 atom stereocenters. The van der Waals surface area contributed by atoms with Crippen molar-refractivity contribution in [2.75, 3.05) is 10.6 Å². The van der Waals surface area contributed by atoms with Crippen LogP contribution in [-0.2, 0) is 4.79 Å². The number of hydrogen-bond acceptors (Lipinski definition) is 3. The molecule has 0 aliphatic rings. The van der Waals surface area contributed by atoms with Crippen molar-refractivity contribution < 1.29 is 9.59 Å². The highest BCUT2D eigenvalue weighted by Crippen LogP contribution is 2.26. The van der Waals surface area contributed by atoms with Gasteiger partial charge in [0.05, 0.1) is 20.1 Å². The molecule has 1 aromatic heterocycles. The van der Waals surface area contributed by atoms with Crippen molar-refractivity contribution in [2.45, 2.75) is 6.92 Å². The number of hydrogen-bond donors (Lipinski definition) is 2. The number of carbonyl (C=O) groups is 2. The highest BCUT2D eigenvalue weighted by Gasteiger charge is 2.10. The lowest BCUT2D eigenvalue weighted by Gasteiger charge is -2.08. The third-order valence-corrected chi connectivity index (χ3v) is 4.18. The molecule has 2 aromatic rings. The molecule has 0 aliphatic carbocycles. The number of halogens is 2. The molecule has 0 unspecified atom stereocenters. The largest absolute Gasteiger partial charge is 0.325 e. The van der Waals surface area contributed by atoms with Gasteiger partial charge in [0.15, 0.2) is 0 Å².